The highest BCUT2D eigenvalue weighted by Crippen LogP contribution is 2.14. The van der Waals surface area contributed by atoms with E-state index in [4.69, 9.17) is 4.74 Å². The normalized spacial score (nSPS) is 23.1. The van der Waals surface area contributed by atoms with Gasteiger partial charge < -0.3 is 20.5 Å². The first-order chi connectivity index (χ1) is 11.7. The number of pyridine rings is 2. The molecule has 7 nitrogen and oxygen atoms in total. The monoisotopic (exact) mass is 328 g/mol. The molecule has 126 valence electrons. The third kappa shape index (κ3) is 4.14. The number of carbonyl (C=O) groups is 1. The summed E-state index contributed by atoms with van der Waals surface area (Å²) in [6.45, 7) is 1.29. The maximum absolute atomic E-state index is 12.0. The predicted molar refractivity (Wildman–Crippen MR) is 87.2 cm³/mol. The van der Waals surface area contributed by atoms with Crippen LogP contribution in [-0.2, 0) is 11.3 Å². The number of nitrogens with one attached hydrogen (secondary N) is 2. The van der Waals surface area contributed by atoms with Crippen LogP contribution in [0.1, 0.15) is 15.9 Å². The van der Waals surface area contributed by atoms with Crippen molar-refractivity contribution < 1.29 is 14.6 Å². The SMILES string of the molecule is O=C(NCC1OCC(NCc2ccncc2)C1O)c1ccncc1. The molecule has 2 aromatic heterocycles. The van der Waals surface area contributed by atoms with E-state index in [0.717, 1.165) is 5.56 Å². The van der Waals surface area contributed by atoms with Gasteiger partial charge in [0.05, 0.1) is 18.8 Å². The zero-order chi connectivity index (χ0) is 16.8. The smallest absolute Gasteiger partial charge is 0.251 e. The number of hydrogen-bond acceptors (Lipinski definition) is 6. The van der Waals surface area contributed by atoms with E-state index in [2.05, 4.69) is 20.6 Å². The summed E-state index contributed by atoms with van der Waals surface area (Å²) in [7, 11) is 0. The molecule has 1 saturated heterocycles. The van der Waals surface area contributed by atoms with Crippen LogP contribution in [0, 0.1) is 0 Å². The Labute approximate surface area is 140 Å². The second-order valence-corrected chi connectivity index (χ2v) is 5.65. The number of ether oxygens (including phenoxy) is 1. The second kappa shape index (κ2) is 7.96. The third-order valence-electron chi connectivity index (χ3n) is 4.01. The minimum atomic E-state index is -0.676. The van der Waals surface area contributed by atoms with E-state index >= 15 is 0 Å². The zero-order valence-electron chi connectivity index (χ0n) is 13.1. The Kier molecular flexibility index (Phi) is 5.47. The molecular weight excluding hydrogens is 308 g/mol. The average Bonchev–Trinajstić information content (AvgIpc) is 2.99. The fraction of sp³-hybridized carbons (Fsp3) is 0.353. The van der Waals surface area contributed by atoms with Gasteiger partial charge in [-0.2, -0.15) is 0 Å². The van der Waals surface area contributed by atoms with Crippen LogP contribution in [0.2, 0.25) is 0 Å². The molecule has 1 aliphatic heterocycles. The molecule has 3 heterocycles. The maximum atomic E-state index is 12.0. The number of rotatable bonds is 6. The fourth-order valence-electron chi connectivity index (χ4n) is 2.59. The Morgan fingerprint density at radius 3 is 2.54 bits per heavy atom. The van der Waals surface area contributed by atoms with Gasteiger partial charge in [0.25, 0.3) is 5.91 Å². The van der Waals surface area contributed by atoms with Crippen molar-refractivity contribution in [3.63, 3.8) is 0 Å². The van der Waals surface area contributed by atoms with Crippen molar-refractivity contribution in [3.05, 3.63) is 60.2 Å². The first kappa shape index (κ1) is 16.5. The molecule has 24 heavy (non-hydrogen) atoms. The van der Waals surface area contributed by atoms with Gasteiger partial charge in [-0.3, -0.25) is 14.8 Å². The summed E-state index contributed by atoms with van der Waals surface area (Å²) in [4.78, 5) is 19.9. The van der Waals surface area contributed by atoms with E-state index in [1.165, 1.54) is 0 Å². The largest absolute Gasteiger partial charge is 0.389 e. The van der Waals surface area contributed by atoms with Gasteiger partial charge in [0.1, 0.15) is 6.10 Å². The van der Waals surface area contributed by atoms with Crippen molar-refractivity contribution in [3.8, 4) is 0 Å². The molecule has 0 spiro atoms. The van der Waals surface area contributed by atoms with Gasteiger partial charge in [0, 0.05) is 43.4 Å². The van der Waals surface area contributed by atoms with Gasteiger partial charge in [-0.05, 0) is 29.8 Å². The van der Waals surface area contributed by atoms with Crippen LogP contribution >= 0.6 is 0 Å². The number of hydrogen-bond donors (Lipinski definition) is 3. The molecule has 2 aromatic rings. The van der Waals surface area contributed by atoms with Crippen molar-refractivity contribution in [1.29, 1.82) is 0 Å². The summed E-state index contributed by atoms with van der Waals surface area (Å²) in [6, 6.07) is 6.95. The second-order valence-electron chi connectivity index (χ2n) is 5.65. The molecular formula is C17H20N4O3. The first-order valence-electron chi connectivity index (χ1n) is 7.84. The van der Waals surface area contributed by atoms with Crippen LogP contribution < -0.4 is 10.6 Å². The average molecular weight is 328 g/mol. The number of aliphatic hydroxyl groups excluding tert-OH is 1. The lowest BCUT2D eigenvalue weighted by Gasteiger charge is -2.19. The van der Waals surface area contributed by atoms with Crippen LogP contribution in [-0.4, -0.2) is 52.4 Å². The fourth-order valence-corrected chi connectivity index (χ4v) is 2.59. The molecule has 3 unspecified atom stereocenters. The molecule has 1 aliphatic rings. The summed E-state index contributed by atoms with van der Waals surface area (Å²) < 4.78 is 5.60. The lowest BCUT2D eigenvalue weighted by molar-refractivity contribution is 0.0398. The molecule has 1 amide bonds. The van der Waals surface area contributed by atoms with Crippen LogP contribution in [0.3, 0.4) is 0 Å². The summed E-state index contributed by atoms with van der Waals surface area (Å²) >= 11 is 0. The van der Waals surface area contributed by atoms with E-state index < -0.39 is 12.2 Å². The van der Waals surface area contributed by atoms with Crippen LogP contribution in [0.25, 0.3) is 0 Å². The number of nitrogens with zero attached hydrogens (tertiary/aromatic N) is 2. The van der Waals surface area contributed by atoms with Crippen LogP contribution in [0.4, 0.5) is 0 Å². The Morgan fingerprint density at radius 1 is 1.17 bits per heavy atom. The Hall–Kier alpha value is -2.35. The van der Waals surface area contributed by atoms with Crippen LogP contribution in [0.5, 0.6) is 0 Å². The molecule has 0 bridgehead atoms. The number of aliphatic hydroxyl groups is 1. The Bertz CT molecular complexity index is 653. The zero-order valence-corrected chi connectivity index (χ0v) is 13.1. The molecule has 0 aliphatic carbocycles. The highest BCUT2D eigenvalue weighted by atomic mass is 16.5. The summed E-state index contributed by atoms with van der Waals surface area (Å²) in [5.74, 6) is -0.207. The van der Waals surface area contributed by atoms with Crippen molar-refractivity contribution >= 4 is 5.91 Å². The van der Waals surface area contributed by atoms with Gasteiger partial charge in [-0.15, -0.1) is 0 Å². The van der Waals surface area contributed by atoms with E-state index in [9.17, 15) is 9.90 Å². The summed E-state index contributed by atoms with van der Waals surface area (Å²) in [5, 5.41) is 16.4. The minimum absolute atomic E-state index is 0.166. The highest BCUT2D eigenvalue weighted by molar-refractivity contribution is 5.93. The maximum Gasteiger partial charge on any atom is 0.251 e. The lowest BCUT2D eigenvalue weighted by atomic mass is 10.1. The Balaban J connectivity index is 1.46. The topological polar surface area (TPSA) is 96.4 Å². The molecule has 7 heteroatoms. The summed E-state index contributed by atoms with van der Waals surface area (Å²) in [5.41, 5.74) is 1.62. The highest BCUT2D eigenvalue weighted by Gasteiger charge is 2.35. The van der Waals surface area contributed by atoms with E-state index in [1.54, 1.807) is 36.9 Å². The van der Waals surface area contributed by atoms with Crippen molar-refractivity contribution in [2.75, 3.05) is 13.2 Å². The van der Waals surface area contributed by atoms with Gasteiger partial charge >= 0.3 is 0 Å². The standard InChI is InChI=1S/C17H20N4O3/c22-16-14(20-9-12-1-5-18-6-2-12)11-24-15(16)10-21-17(23)13-3-7-19-8-4-13/h1-8,14-16,20,22H,9-11H2,(H,21,23). The molecule has 1 fully saturated rings. The third-order valence-corrected chi connectivity index (χ3v) is 4.01. The molecule has 0 radical (unpaired) electrons. The van der Waals surface area contributed by atoms with Gasteiger partial charge in [-0.1, -0.05) is 0 Å². The molecule has 3 atom stereocenters. The minimum Gasteiger partial charge on any atom is -0.389 e. The number of aromatic nitrogens is 2. The van der Waals surface area contributed by atoms with Crippen molar-refractivity contribution in [2.45, 2.75) is 24.8 Å². The number of amides is 1. The molecule has 3 N–H and O–H groups in total. The van der Waals surface area contributed by atoms with Gasteiger partial charge in [0.2, 0.25) is 0 Å². The van der Waals surface area contributed by atoms with E-state index in [0.29, 0.717) is 18.7 Å². The van der Waals surface area contributed by atoms with Gasteiger partial charge in [0.15, 0.2) is 0 Å². The number of carbonyl (C=O) groups excluding carboxylic acids is 1. The van der Waals surface area contributed by atoms with E-state index in [-0.39, 0.29) is 18.5 Å². The molecule has 0 saturated carbocycles. The van der Waals surface area contributed by atoms with Crippen molar-refractivity contribution in [2.24, 2.45) is 0 Å². The van der Waals surface area contributed by atoms with E-state index in [1.807, 2.05) is 12.1 Å². The quantitative estimate of drug-likeness (QED) is 0.697. The van der Waals surface area contributed by atoms with Crippen molar-refractivity contribution in [1.82, 2.24) is 20.6 Å². The van der Waals surface area contributed by atoms with Gasteiger partial charge in [-0.25, -0.2) is 0 Å². The van der Waals surface area contributed by atoms with Crippen LogP contribution in [0.15, 0.2) is 49.1 Å². The summed E-state index contributed by atoms with van der Waals surface area (Å²) in [6.07, 6.45) is 5.49. The predicted octanol–water partition coefficient (Wildman–Crippen LogP) is 0.125. The first-order valence-corrected chi connectivity index (χ1v) is 7.84. The molecule has 3 rings (SSSR count). The molecule has 0 aromatic carbocycles. The Morgan fingerprint density at radius 2 is 1.83 bits per heavy atom. The lowest BCUT2D eigenvalue weighted by Crippen LogP contribution is -2.44.